The second-order valence-electron chi connectivity index (χ2n) is 5.11. The first-order valence-corrected chi connectivity index (χ1v) is 6.52. The fourth-order valence-corrected chi connectivity index (χ4v) is 2.74. The van der Waals surface area contributed by atoms with E-state index in [1.165, 1.54) is 0 Å². The Morgan fingerprint density at radius 3 is 0.750 bits per heavy atom. The Morgan fingerprint density at radius 1 is 0.458 bits per heavy atom. The summed E-state index contributed by atoms with van der Waals surface area (Å²) in [5.74, 6) is -5.71. The van der Waals surface area contributed by atoms with Crippen LogP contribution in [-0.4, -0.2) is 44.3 Å². The minimum atomic E-state index is -1.43. The van der Waals surface area contributed by atoms with E-state index in [2.05, 4.69) is 0 Å². The predicted octanol–water partition coefficient (Wildman–Crippen LogP) is 1.37. The predicted molar refractivity (Wildman–Crippen MR) is 76.1 cm³/mol. The van der Waals surface area contributed by atoms with E-state index < -0.39 is 46.1 Å². The monoisotopic (exact) mass is 328 g/mol. The minimum absolute atomic E-state index is 0.367. The fourth-order valence-electron chi connectivity index (χ4n) is 2.74. The molecule has 8 nitrogen and oxygen atoms in total. The molecule has 0 fully saturated rings. The third-order valence-electron chi connectivity index (χ3n) is 3.82. The summed E-state index contributed by atoms with van der Waals surface area (Å²) in [6.45, 7) is 0. The highest BCUT2D eigenvalue weighted by atomic mass is 16.4. The zero-order chi connectivity index (χ0) is 17.8. The molecule has 0 radical (unpaired) electrons. The van der Waals surface area contributed by atoms with Gasteiger partial charge in [0.15, 0.2) is 0 Å². The van der Waals surface area contributed by atoms with Crippen LogP contribution in [0.4, 0.5) is 0 Å². The molecule has 0 aromatic heterocycles. The van der Waals surface area contributed by atoms with Crippen LogP contribution in [-0.2, 0) is 0 Å². The van der Waals surface area contributed by atoms with E-state index in [9.17, 15) is 19.2 Å². The average molecular weight is 328 g/mol. The Bertz CT molecular complexity index is 954. The number of aromatic carboxylic acids is 4. The summed E-state index contributed by atoms with van der Waals surface area (Å²) in [6.07, 6.45) is 0. The molecule has 3 rings (SSSR count). The molecule has 0 unspecified atom stereocenters. The third kappa shape index (κ3) is 2.01. The van der Waals surface area contributed by atoms with E-state index >= 15 is 0 Å². The number of rotatable bonds is 4. The van der Waals surface area contributed by atoms with Gasteiger partial charge in [-0.3, -0.25) is 0 Å². The molecule has 1 aliphatic rings. The zero-order valence-electron chi connectivity index (χ0n) is 11.7. The Balaban J connectivity index is 2.47. The molecule has 0 saturated heterocycles. The van der Waals surface area contributed by atoms with E-state index in [0.717, 1.165) is 24.3 Å². The van der Waals surface area contributed by atoms with Gasteiger partial charge in [0.2, 0.25) is 0 Å². The van der Waals surface area contributed by atoms with Crippen LogP contribution >= 0.6 is 0 Å². The van der Waals surface area contributed by atoms with Gasteiger partial charge in [-0.2, -0.15) is 0 Å². The van der Waals surface area contributed by atoms with Gasteiger partial charge in [0.25, 0.3) is 0 Å². The van der Waals surface area contributed by atoms with Crippen LogP contribution < -0.4 is 0 Å². The topological polar surface area (TPSA) is 149 Å². The van der Waals surface area contributed by atoms with Crippen molar-refractivity contribution in [3.8, 4) is 0 Å². The molecule has 0 bridgehead atoms. The summed E-state index contributed by atoms with van der Waals surface area (Å²) in [5, 5.41) is 38.0. The molecule has 2 aromatic carbocycles. The highest BCUT2D eigenvalue weighted by Crippen LogP contribution is 2.22. The average Bonchev–Trinajstić information content (AvgIpc) is 2.49. The first-order valence-electron chi connectivity index (χ1n) is 6.52. The van der Waals surface area contributed by atoms with Crippen molar-refractivity contribution in [1.29, 1.82) is 0 Å². The molecule has 0 amide bonds. The highest BCUT2D eigenvalue weighted by Gasteiger charge is 2.21. The molecule has 1 aliphatic carbocycles. The standard InChI is InChI=1S/C16H8O8/c17-13(18)9-1-5-6(2-10(9)14(19)20)8-4-12(16(23)24)11(15(21)22)3-7(5)8/h1-4H,(H,17,18)(H,19,20)(H,21,22)(H,23,24). The molecule has 0 aliphatic heterocycles. The van der Waals surface area contributed by atoms with Crippen molar-refractivity contribution in [3.05, 3.63) is 67.4 Å². The first kappa shape index (κ1) is 15.2. The van der Waals surface area contributed by atoms with Gasteiger partial charge in [0.05, 0.1) is 22.3 Å². The van der Waals surface area contributed by atoms with Crippen molar-refractivity contribution in [1.82, 2.24) is 0 Å². The van der Waals surface area contributed by atoms with Gasteiger partial charge in [-0.1, -0.05) is 0 Å². The molecule has 2 aromatic rings. The van der Waals surface area contributed by atoms with Crippen LogP contribution in [0.15, 0.2) is 24.3 Å². The normalized spacial score (nSPS) is 11.0. The summed E-state index contributed by atoms with van der Waals surface area (Å²) in [6, 6.07) is 4.59. The SMILES string of the molecule is O=C(O)c1cc2c(cc1C(=O)O)=c1cc(C(=O)O)c(C(=O)O)cc1=2. The number of hydrogen-bond donors (Lipinski definition) is 4. The van der Waals surface area contributed by atoms with Crippen LogP contribution in [0.2, 0.25) is 0 Å². The van der Waals surface area contributed by atoms with Crippen LogP contribution in [0, 0.1) is 20.9 Å². The third-order valence-corrected chi connectivity index (χ3v) is 3.82. The molecule has 24 heavy (non-hydrogen) atoms. The van der Waals surface area contributed by atoms with Crippen molar-refractivity contribution in [2.45, 2.75) is 0 Å². The van der Waals surface area contributed by atoms with Gasteiger partial charge < -0.3 is 20.4 Å². The van der Waals surface area contributed by atoms with E-state index in [-0.39, 0.29) is 0 Å². The Morgan fingerprint density at radius 2 is 0.625 bits per heavy atom. The second-order valence-corrected chi connectivity index (χ2v) is 5.11. The Kier molecular flexibility index (Phi) is 3.12. The van der Waals surface area contributed by atoms with Gasteiger partial charge >= 0.3 is 23.9 Å². The molecular weight excluding hydrogens is 320 g/mol. The molecule has 0 atom stereocenters. The van der Waals surface area contributed by atoms with Gasteiger partial charge in [0.1, 0.15) is 0 Å². The van der Waals surface area contributed by atoms with E-state index in [1.54, 1.807) is 0 Å². The summed E-state index contributed by atoms with van der Waals surface area (Å²) in [7, 11) is 0. The molecule has 0 heterocycles. The first-order chi connectivity index (χ1) is 11.2. The summed E-state index contributed by atoms with van der Waals surface area (Å²) >= 11 is 0. The maximum Gasteiger partial charge on any atom is 0.336 e. The fraction of sp³-hybridized carbons (Fsp3) is 0. The lowest BCUT2D eigenvalue weighted by atomic mass is 9.92. The lowest BCUT2D eigenvalue weighted by molar-refractivity contribution is 0.0651. The van der Waals surface area contributed by atoms with Crippen molar-refractivity contribution in [2.24, 2.45) is 0 Å². The highest BCUT2D eigenvalue weighted by molar-refractivity contribution is 6.03. The van der Waals surface area contributed by atoms with Crippen LogP contribution in [0.3, 0.4) is 0 Å². The molecule has 0 saturated carbocycles. The number of carbonyl (C=O) groups is 4. The van der Waals surface area contributed by atoms with Gasteiger partial charge in [0, 0.05) is 0 Å². The number of carboxylic acid groups (broad SMARTS) is 4. The van der Waals surface area contributed by atoms with Crippen LogP contribution in [0.5, 0.6) is 0 Å². The Hall–Kier alpha value is -3.68. The quantitative estimate of drug-likeness (QED) is 0.561. The van der Waals surface area contributed by atoms with Crippen molar-refractivity contribution < 1.29 is 39.6 Å². The van der Waals surface area contributed by atoms with Crippen LogP contribution in [0.1, 0.15) is 41.4 Å². The summed E-state index contributed by atoms with van der Waals surface area (Å²) in [4.78, 5) is 44.8. The lowest BCUT2D eigenvalue weighted by Gasteiger charge is -2.11. The maximum atomic E-state index is 11.2. The number of benzene rings is 2. The summed E-state index contributed by atoms with van der Waals surface area (Å²) in [5.41, 5.74) is -1.70. The number of carboxylic acids is 4. The van der Waals surface area contributed by atoms with E-state index in [1.807, 2.05) is 0 Å². The lowest BCUT2D eigenvalue weighted by Crippen LogP contribution is -2.12. The maximum absolute atomic E-state index is 11.2. The molecule has 120 valence electrons. The Labute approximate surface area is 131 Å². The molecule has 4 N–H and O–H groups in total. The largest absolute Gasteiger partial charge is 0.478 e. The van der Waals surface area contributed by atoms with Crippen molar-refractivity contribution >= 4 is 23.9 Å². The number of hydrogen-bond acceptors (Lipinski definition) is 4. The second kappa shape index (κ2) is 4.92. The van der Waals surface area contributed by atoms with E-state index in [4.69, 9.17) is 20.4 Å². The van der Waals surface area contributed by atoms with Crippen molar-refractivity contribution in [3.63, 3.8) is 0 Å². The minimum Gasteiger partial charge on any atom is -0.478 e. The molecular formula is C16H8O8. The van der Waals surface area contributed by atoms with E-state index in [0.29, 0.717) is 20.9 Å². The zero-order valence-corrected chi connectivity index (χ0v) is 11.7. The molecule has 8 heteroatoms. The number of fused-ring (bicyclic) bond motifs is 2. The van der Waals surface area contributed by atoms with Gasteiger partial charge in [-0.25, -0.2) is 19.2 Å². The molecule has 0 spiro atoms. The summed E-state index contributed by atoms with van der Waals surface area (Å²) < 4.78 is 0. The van der Waals surface area contributed by atoms with Gasteiger partial charge in [-0.05, 0) is 45.1 Å². The smallest absolute Gasteiger partial charge is 0.336 e. The van der Waals surface area contributed by atoms with Gasteiger partial charge in [-0.15, -0.1) is 0 Å². The van der Waals surface area contributed by atoms with Crippen LogP contribution in [0.25, 0.3) is 0 Å². The van der Waals surface area contributed by atoms with Crippen molar-refractivity contribution in [2.75, 3.05) is 0 Å².